The molecule has 0 saturated heterocycles. The smallest absolute Gasteiger partial charge is 0.241 e. The first-order chi connectivity index (χ1) is 9.47. The van der Waals surface area contributed by atoms with Gasteiger partial charge in [0.05, 0.1) is 4.90 Å². The number of rotatable bonds is 7. The lowest BCUT2D eigenvalue weighted by molar-refractivity contribution is 0.575. The molecule has 2 atom stereocenters. The van der Waals surface area contributed by atoms with E-state index in [1.54, 1.807) is 6.07 Å². The fourth-order valence-electron chi connectivity index (χ4n) is 2.42. The lowest BCUT2D eigenvalue weighted by Gasteiger charge is -2.11. The van der Waals surface area contributed by atoms with Crippen molar-refractivity contribution in [2.45, 2.75) is 51.1 Å². The van der Waals surface area contributed by atoms with Crippen molar-refractivity contribution in [3.8, 4) is 0 Å². The van der Waals surface area contributed by atoms with Crippen LogP contribution in [0.3, 0.4) is 0 Å². The monoisotopic (exact) mass is 296 g/mol. The zero-order chi connectivity index (χ0) is 14.8. The van der Waals surface area contributed by atoms with Gasteiger partial charge in [-0.3, -0.25) is 0 Å². The molecule has 1 saturated carbocycles. The van der Waals surface area contributed by atoms with Crippen LogP contribution in [0.4, 0.5) is 0 Å². The molecule has 0 amide bonds. The summed E-state index contributed by atoms with van der Waals surface area (Å²) in [5.74, 6) is 0.509. The molecule has 112 valence electrons. The first-order valence-corrected chi connectivity index (χ1v) is 8.78. The van der Waals surface area contributed by atoms with Crippen LogP contribution >= 0.6 is 0 Å². The van der Waals surface area contributed by atoms with Gasteiger partial charge in [0.15, 0.2) is 0 Å². The highest BCUT2D eigenvalue weighted by atomic mass is 32.2. The van der Waals surface area contributed by atoms with Crippen molar-refractivity contribution in [1.29, 1.82) is 0 Å². The van der Waals surface area contributed by atoms with Crippen LogP contribution in [-0.4, -0.2) is 21.0 Å². The van der Waals surface area contributed by atoms with Crippen molar-refractivity contribution < 1.29 is 8.42 Å². The van der Waals surface area contributed by atoms with Crippen LogP contribution in [0.25, 0.3) is 0 Å². The number of nitrogens with one attached hydrogen (secondary N) is 2. The molecule has 1 aliphatic rings. The average molecular weight is 296 g/mol. The van der Waals surface area contributed by atoms with E-state index in [1.165, 1.54) is 0 Å². The third-order valence-corrected chi connectivity index (χ3v) is 5.51. The maximum Gasteiger partial charge on any atom is 0.241 e. The van der Waals surface area contributed by atoms with Gasteiger partial charge in [-0.1, -0.05) is 32.4 Å². The molecule has 0 radical (unpaired) electrons. The van der Waals surface area contributed by atoms with E-state index in [1.807, 2.05) is 26.0 Å². The Morgan fingerprint density at radius 2 is 2.05 bits per heavy atom. The van der Waals surface area contributed by atoms with Gasteiger partial charge in [0.25, 0.3) is 0 Å². The topological polar surface area (TPSA) is 58.2 Å². The van der Waals surface area contributed by atoms with E-state index in [9.17, 15) is 8.42 Å². The predicted octanol–water partition coefficient (Wildman–Crippen LogP) is 2.18. The first-order valence-electron chi connectivity index (χ1n) is 7.30. The van der Waals surface area contributed by atoms with Gasteiger partial charge in [-0.25, -0.2) is 13.1 Å². The number of hydrogen-bond donors (Lipinski definition) is 2. The molecule has 1 aliphatic carbocycles. The molecular formula is C15H24N2O2S. The number of sulfonamides is 1. The molecule has 0 spiro atoms. The summed E-state index contributed by atoms with van der Waals surface area (Å²) in [7, 11) is -3.40. The van der Waals surface area contributed by atoms with Crippen molar-refractivity contribution in [2.75, 3.05) is 6.54 Å². The molecule has 1 fully saturated rings. The Hall–Kier alpha value is -0.910. The van der Waals surface area contributed by atoms with Crippen molar-refractivity contribution in [1.82, 2.24) is 10.0 Å². The second kappa shape index (κ2) is 6.24. The third kappa shape index (κ3) is 3.59. The second-order valence-electron chi connectivity index (χ2n) is 5.51. The second-order valence-corrected chi connectivity index (χ2v) is 7.19. The molecule has 4 nitrogen and oxygen atoms in total. The van der Waals surface area contributed by atoms with Crippen LogP contribution in [-0.2, 0) is 16.6 Å². The minimum absolute atomic E-state index is 0.127. The zero-order valence-corrected chi connectivity index (χ0v) is 13.3. The molecule has 2 unspecified atom stereocenters. The molecule has 2 N–H and O–H groups in total. The quantitative estimate of drug-likeness (QED) is 0.811. The van der Waals surface area contributed by atoms with E-state index >= 15 is 0 Å². The van der Waals surface area contributed by atoms with E-state index < -0.39 is 10.0 Å². The first kappa shape index (κ1) is 15.5. The van der Waals surface area contributed by atoms with Gasteiger partial charge < -0.3 is 5.32 Å². The summed E-state index contributed by atoms with van der Waals surface area (Å²) in [4.78, 5) is 0.412. The van der Waals surface area contributed by atoms with Crippen molar-refractivity contribution in [2.24, 2.45) is 5.92 Å². The molecule has 0 bridgehead atoms. The molecule has 20 heavy (non-hydrogen) atoms. The summed E-state index contributed by atoms with van der Waals surface area (Å²) in [5, 5.41) is 3.22. The lowest BCUT2D eigenvalue weighted by atomic mass is 10.1. The fraction of sp³-hybridized carbons (Fsp3) is 0.600. The number of benzene rings is 1. The fourth-order valence-corrected chi connectivity index (χ4v) is 4.03. The number of aryl methyl sites for hydroxylation is 1. The number of hydrogen-bond acceptors (Lipinski definition) is 3. The molecule has 0 heterocycles. The molecule has 0 aromatic heterocycles. The molecule has 1 aromatic rings. The largest absolute Gasteiger partial charge is 0.313 e. The molecule has 1 aromatic carbocycles. The lowest BCUT2D eigenvalue weighted by Crippen LogP contribution is -2.28. The maximum absolute atomic E-state index is 12.5. The Morgan fingerprint density at radius 1 is 1.30 bits per heavy atom. The molecule has 5 heteroatoms. The Labute approximate surface area is 122 Å². The summed E-state index contributed by atoms with van der Waals surface area (Å²) in [6.45, 7) is 7.54. The van der Waals surface area contributed by atoms with Gasteiger partial charge in [-0.05, 0) is 43.0 Å². The molecule has 0 aliphatic heterocycles. The van der Waals surface area contributed by atoms with Crippen LogP contribution in [0.15, 0.2) is 23.1 Å². The van der Waals surface area contributed by atoms with Gasteiger partial charge in [-0.15, -0.1) is 0 Å². The summed E-state index contributed by atoms with van der Waals surface area (Å²) >= 11 is 0. The highest BCUT2D eigenvalue weighted by molar-refractivity contribution is 7.89. The molecular weight excluding hydrogens is 272 g/mol. The summed E-state index contributed by atoms with van der Waals surface area (Å²) in [6, 6.07) is 5.76. The highest BCUT2D eigenvalue weighted by Crippen LogP contribution is 2.34. The SMILES string of the molecule is CCNCc1ccc(C)c(S(=O)(=O)NC2CC2CC)c1. The Balaban J connectivity index is 2.17. The van der Waals surface area contributed by atoms with Gasteiger partial charge >= 0.3 is 0 Å². The third-order valence-electron chi connectivity index (χ3n) is 3.87. The highest BCUT2D eigenvalue weighted by Gasteiger charge is 2.38. The minimum atomic E-state index is -3.40. The van der Waals surface area contributed by atoms with E-state index in [-0.39, 0.29) is 6.04 Å². The van der Waals surface area contributed by atoms with Crippen molar-refractivity contribution in [3.05, 3.63) is 29.3 Å². The summed E-state index contributed by atoms with van der Waals surface area (Å²) < 4.78 is 27.7. The Morgan fingerprint density at radius 3 is 2.65 bits per heavy atom. The standard InChI is InChI=1S/C15H24N2O2S/c1-4-13-9-14(13)17-20(18,19)15-8-12(10-16-5-2)7-6-11(15)3/h6-8,13-14,16-17H,4-5,9-10H2,1-3H3. The summed E-state index contributed by atoms with van der Waals surface area (Å²) in [6.07, 6.45) is 2.00. The molecule has 2 rings (SSSR count). The predicted molar refractivity (Wildman–Crippen MR) is 81.1 cm³/mol. The van der Waals surface area contributed by atoms with E-state index in [2.05, 4.69) is 17.0 Å². The average Bonchev–Trinajstić information content (AvgIpc) is 3.15. The van der Waals surface area contributed by atoms with Crippen LogP contribution in [0.1, 0.15) is 37.8 Å². The Bertz CT molecular complexity index is 569. The van der Waals surface area contributed by atoms with Crippen LogP contribution < -0.4 is 10.0 Å². The van der Waals surface area contributed by atoms with E-state index in [4.69, 9.17) is 0 Å². The van der Waals surface area contributed by atoms with Gasteiger partial charge in [-0.2, -0.15) is 0 Å². The van der Waals surface area contributed by atoms with Crippen molar-refractivity contribution in [3.63, 3.8) is 0 Å². The van der Waals surface area contributed by atoms with Crippen LogP contribution in [0.5, 0.6) is 0 Å². The van der Waals surface area contributed by atoms with Gasteiger partial charge in [0.2, 0.25) is 10.0 Å². The minimum Gasteiger partial charge on any atom is -0.313 e. The Kier molecular flexibility index (Phi) is 4.83. The van der Waals surface area contributed by atoms with Crippen molar-refractivity contribution >= 4 is 10.0 Å². The zero-order valence-electron chi connectivity index (χ0n) is 12.4. The normalized spacial score (nSPS) is 21.9. The summed E-state index contributed by atoms with van der Waals surface area (Å²) in [5.41, 5.74) is 1.80. The van der Waals surface area contributed by atoms with Crippen LogP contribution in [0, 0.1) is 12.8 Å². The van der Waals surface area contributed by atoms with E-state index in [0.29, 0.717) is 17.4 Å². The van der Waals surface area contributed by atoms with Gasteiger partial charge in [0.1, 0.15) is 0 Å². The maximum atomic E-state index is 12.5. The van der Waals surface area contributed by atoms with Crippen LogP contribution in [0.2, 0.25) is 0 Å². The van der Waals surface area contributed by atoms with Gasteiger partial charge in [0, 0.05) is 12.6 Å². The van der Waals surface area contributed by atoms with E-state index in [0.717, 1.165) is 30.5 Å².